The molecule has 2 amide bonds. The normalized spacial score (nSPS) is 17.3. The van der Waals surface area contributed by atoms with Gasteiger partial charge in [-0.15, -0.1) is 0 Å². The Hall–Kier alpha value is -2.87. The molecule has 244 valence electrons. The SMILES string of the molecule is CC(C)(C)NC(=O)C1(C2CCCCC2)CCN(CCCNC(=O)c2cc(=O)c3cccc(Cl)c3o2)CC1.Cc1ccc(Cl)cc1. The first-order valence-electron chi connectivity index (χ1n) is 16.2. The highest BCUT2D eigenvalue weighted by atomic mass is 35.5. The molecule has 0 spiro atoms. The van der Waals surface area contributed by atoms with Gasteiger partial charge in [0.1, 0.15) is 0 Å². The number of para-hydroxylation sites is 1. The number of likely N-dealkylation sites (tertiary alicyclic amines) is 1. The van der Waals surface area contributed by atoms with Gasteiger partial charge in [-0.3, -0.25) is 14.4 Å². The lowest BCUT2D eigenvalue weighted by Crippen LogP contribution is -2.56. The lowest BCUT2D eigenvalue weighted by molar-refractivity contribution is -0.141. The summed E-state index contributed by atoms with van der Waals surface area (Å²) >= 11 is 11.8. The van der Waals surface area contributed by atoms with Gasteiger partial charge in [-0.2, -0.15) is 0 Å². The third kappa shape index (κ3) is 9.57. The zero-order valence-corrected chi connectivity index (χ0v) is 28.5. The van der Waals surface area contributed by atoms with Crippen LogP contribution in [0.5, 0.6) is 0 Å². The number of hydrogen-bond acceptors (Lipinski definition) is 5. The Bertz CT molecular complexity index is 1480. The van der Waals surface area contributed by atoms with Gasteiger partial charge in [0.25, 0.3) is 5.91 Å². The predicted molar refractivity (Wildman–Crippen MR) is 183 cm³/mol. The molecule has 5 rings (SSSR count). The van der Waals surface area contributed by atoms with Crippen LogP contribution in [0.2, 0.25) is 10.0 Å². The van der Waals surface area contributed by atoms with E-state index >= 15 is 0 Å². The monoisotopic (exact) mass is 655 g/mol. The minimum absolute atomic E-state index is 0.0364. The number of fused-ring (bicyclic) bond motifs is 1. The second-order valence-electron chi connectivity index (χ2n) is 13.5. The van der Waals surface area contributed by atoms with E-state index in [9.17, 15) is 14.4 Å². The number of piperidine rings is 1. The zero-order valence-electron chi connectivity index (χ0n) is 27.0. The number of carbonyl (C=O) groups is 2. The molecular formula is C36H47Cl2N3O4. The number of halogens is 2. The molecule has 0 atom stereocenters. The summed E-state index contributed by atoms with van der Waals surface area (Å²) in [7, 11) is 0. The minimum atomic E-state index is -0.423. The van der Waals surface area contributed by atoms with Crippen molar-refractivity contribution in [1.29, 1.82) is 0 Å². The predicted octanol–water partition coefficient (Wildman–Crippen LogP) is 7.79. The van der Waals surface area contributed by atoms with Crippen molar-refractivity contribution < 1.29 is 14.0 Å². The maximum atomic E-state index is 13.5. The summed E-state index contributed by atoms with van der Waals surface area (Å²) in [6.45, 7) is 11.3. The van der Waals surface area contributed by atoms with Crippen molar-refractivity contribution >= 4 is 46.0 Å². The molecule has 7 nitrogen and oxygen atoms in total. The number of hydrogen-bond donors (Lipinski definition) is 2. The van der Waals surface area contributed by atoms with Gasteiger partial charge in [0, 0.05) is 23.2 Å². The van der Waals surface area contributed by atoms with Gasteiger partial charge >= 0.3 is 0 Å². The van der Waals surface area contributed by atoms with E-state index in [0.29, 0.717) is 22.9 Å². The standard InChI is InChI=1S/C29H40ClN3O4.C7H7Cl/c1-28(2,3)32-27(36)29(20-9-5-4-6-10-20)13-17-33(18-14-29)16-8-15-31-26(35)24-19-23(34)21-11-7-12-22(30)25(21)37-24;1-6-2-4-7(8)5-3-6/h7,11-12,19-20H,4-6,8-10,13-18H2,1-3H3,(H,31,35)(H,32,36);2-5H,1H3. The molecular weight excluding hydrogens is 609 g/mol. The summed E-state index contributed by atoms with van der Waals surface area (Å²) in [5, 5.41) is 7.61. The van der Waals surface area contributed by atoms with E-state index in [1.165, 1.54) is 30.9 Å². The Balaban J connectivity index is 0.000000501. The van der Waals surface area contributed by atoms with Crippen LogP contribution in [0.1, 0.15) is 88.3 Å². The Morgan fingerprint density at radius 1 is 1.00 bits per heavy atom. The zero-order chi connectivity index (χ0) is 32.6. The highest BCUT2D eigenvalue weighted by Crippen LogP contribution is 2.46. The number of carbonyl (C=O) groups excluding carboxylic acids is 2. The largest absolute Gasteiger partial charge is 0.449 e. The molecule has 0 radical (unpaired) electrons. The van der Waals surface area contributed by atoms with Crippen molar-refractivity contribution in [1.82, 2.24) is 15.5 Å². The van der Waals surface area contributed by atoms with Gasteiger partial charge in [0.15, 0.2) is 16.8 Å². The first kappa shape index (κ1) is 35.0. The van der Waals surface area contributed by atoms with E-state index in [1.807, 2.05) is 31.2 Å². The maximum Gasteiger partial charge on any atom is 0.287 e. The number of amides is 2. The van der Waals surface area contributed by atoms with Crippen molar-refractivity contribution in [3.63, 3.8) is 0 Å². The summed E-state index contributed by atoms with van der Waals surface area (Å²) in [4.78, 5) is 40.9. The summed E-state index contributed by atoms with van der Waals surface area (Å²) in [5.74, 6) is 0.240. The number of rotatable bonds is 7. The number of nitrogens with one attached hydrogen (secondary N) is 2. The topological polar surface area (TPSA) is 91.7 Å². The lowest BCUT2D eigenvalue weighted by atomic mass is 9.63. The van der Waals surface area contributed by atoms with Gasteiger partial charge in [-0.25, -0.2) is 0 Å². The first-order valence-corrected chi connectivity index (χ1v) is 16.9. The third-order valence-corrected chi connectivity index (χ3v) is 9.50. The maximum absolute atomic E-state index is 13.5. The molecule has 0 bridgehead atoms. The fourth-order valence-corrected chi connectivity index (χ4v) is 6.84. The molecule has 1 aliphatic heterocycles. The molecule has 2 N–H and O–H groups in total. The molecule has 2 aromatic carbocycles. The first-order chi connectivity index (χ1) is 21.4. The van der Waals surface area contributed by atoms with Crippen molar-refractivity contribution in [2.45, 2.75) is 84.6 Å². The third-order valence-electron chi connectivity index (χ3n) is 8.95. The Morgan fingerprint density at radius 2 is 1.67 bits per heavy atom. The Labute approximate surface area is 277 Å². The molecule has 1 aromatic heterocycles. The van der Waals surface area contributed by atoms with E-state index in [4.69, 9.17) is 27.6 Å². The smallest absolute Gasteiger partial charge is 0.287 e. The second kappa shape index (κ2) is 15.6. The van der Waals surface area contributed by atoms with E-state index in [0.717, 1.165) is 56.8 Å². The van der Waals surface area contributed by atoms with Gasteiger partial charge in [0.05, 0.1) is 15.8 Å². The van der Waals surface area contributed by atoms with Crippen LogP contribution in [0.15, 0.2) is 57.7 Å². The van der Waals surface area contributed by atoms with Crippen LogP contribution in [0.3, 0.4) is 0 Å². The average Bonchev–Trinajstić information content (AvgIpc) is 3.01. The van der Waals surface area contributed by atoms with Gasteiger partial charge < -0.3 is 20.0 Å². The van der Waals surface area contributed by atoms with Crippen molar-refractivity contribution in [3.8, 4) is 0 Å². The molecule has 2 heterocycles. The van der Waals surface area contributed by atoms with Crippen LogP contribution in [0, 0.1) is 18.3 Å². The van der Waals surface area contributed by atoms with Crippen LogP contribution in [-0.2, 0) is 4.79 Å². The Kier molecular flexibility index (Phi) is 12.1. The highest BCUT2D eigenvalue weighted by Gasteiger charge is 2.48. The molecule has 1 saturated heterocycles. The van der Waals surface area contributed by atoms with Crippen LogP contribution in [-0.4, -0.2) is 48.4 Å². The van der Waals surface area contributed by atoms with E-state index in [2.05, 4.69) is 36.3 Å². The fraction of sp³-hybridized carbons (Fsp3) is 0.528. The molecule has 2 aliphatic rings. The van der Waals surface area contributed by atoms with Crippen molar-refractivity contribution in [2.75, 3.05) is 26.2 Å². The van der Waals surface area contributed by atoms with Gasteiger partial charge in [-0.1, -0.05) is 66.2 Å². The summed E-state index contributed by atoms with van der Waals surface area (Å²) in [5.41, 5.74) is 0.678. The van der Waals surface area contributed by atoms with E-state index < -0.39 is 5.91 Å². The van der Waals surface area contributed by atoms with Crippen LogP contribution in [0.25, 0.3) is 11.0 Å². The number of aryl methyl sites for hydroxylation is 1. The molecule has 9 heteroatoms. The van der Waals surface area contributed by atoms with Gasteiger partial charge in [-0.05, 0) is 110 Å². The molecule has 1 aliphatic carbocycles. The molecule has 3 aromatic rings. The Morgan fingerprint density at radius 3 is 2.29 bits per heavy atom. The van der Waals surface area contributed by atoms with Crippen LogP contribution < -0.4 is 16.1 Å². The van der Waals surface area contributed by atoms with Crippen molar-refractivity contribution in [3.05, 3.63) is 80.1 Å². The second-order valence-corrected chi connectivity index (χ2v) is 14.4. The summed E-state index contributed by atoms with van der Waals surface area (Å²) in [6, 6.07) is 13.9. The molecule has 0 unspecified atom stereocenters. The minimum Gasteiger partial charge on any atom is -0.449 e. The molecule has 2 fully saturated rings. The average molecular weight is 657 g/mol. The fourth-order valence-electron chi connectivity index (χ4n) is 6.50. The van der Waals surface area contributed by atoms with Crippen LogP contribution >= 0.6 is 23.2 Å². The molecule has 1 saturated carbocycles. The molecule has 45 heavy (non-hydrogen) atoms. The number of nitrogens with zero attached hydrogens (tertiary/aromatic N) is 1. The lowest BCUT2D eigenvalue weighted by Gasteiger charge is -2.47. The van der Waals surface area contributed by atoms with Crippen LogP contribution in [0.4, 0.5) is 0 Å². The summed E-state index contributed by atoms with van der Waals surface area (Å²) in [6.07, 6.45) is 8.57. The van der Waals surface area contributed by atoms with Gasteiger partial charge in [0.2, 0.25) is 5.91 Å². The van der Waals surface area contributed by atoms with E-state index in [-0.39, 0.29) is 33.6 Å². The highest BCUT2D eigenvalue weighted by molar-refractivity contribution is 6.34. The summed E-state index contributed by atoms with van der Waals surface area (Å²) < 4.78 is 5.63. The quantitative estimate of drug-likeness (QED) is 0.254. The van der Waals surface area contributed by atoms with Crippen molar-refractivity contribution in [2.24, 2.45) is 11.3 Å². The van der Waals surface area contributed by atoms with E-state index in [1.54, 1.807) is 18.2 Å². The number of benzene rings is 2.